The number of nitrogens with one attached hydrogen (secondary N) is 1. The van der Waals surface area contributed by atoms with E-state index in [1.54, 1.807) is 25.3 Å². The summed E-state index contributed by atoms with van der Waals surface area (Å²) in [5.41, 5.74) is 3.59. The van der Waals surface area contributed by atoms with Crippen molar-refractivity contribution in [2.45, 2.75) is 6.92 Å². The van der Waals surface area contributed by atoms with Crippen LogP contribution in [-0.4, -0.2) is 35.8 Å². The van der Waals surface area contributed by atoms with E-state index in [1.165, 1.54) is 30.7 Å². The van der Waals surface area contributed by atoms with E-state index in [2.05, 4.69) is 20.5 Å². The van der Waals surface area contributed by atoms with Crippen molar-refractivity contribution in [2.75, 3.05) is 13.7 Å². The van der Waals surface area contributed by atoms with Gasteiger partial charge in [-0.15, -0.1) is 0 Å². The number of hydrogen-bond acceptors (Lipinski definition) is 6. The minimum absolute atomic E-state index is 0.0126. The van der Waals surface area contributed by atoms with Gasteiger partial charge in [0, 0.05) is 11.6 Å². The van der Waals surface area contributed by atoms with Gasteiger partial charge < -0.3 is 9.47 Å². The number of carbonyl (C=O) groups is 1. The lowest BCUT2D eigenvalue weighted by Gasteiger charge is -2.07. The molecule has 0 radical (unpaired) electrons. The Morgan fingerprint density at radius 1 is 1.21 bits per heavy atom. The van der Waals surface area contributed by atoms with Gasteiger partial charge in [-0.2, -0.15) is 5.10 Å². The summed E-state index contributed by atoms with van der Waals surface area (Å²) >= 11 is 0. The highest BCUT2D eigenvalue weighted by Crippen LogP contribution is 2.24. The predicted molar refractivity (Wildman–Crippen MR) is 107 cm³/mol. The van der Waals surface area contributed by atoms with Crippen LogP contribution in [0.25, 0.3) is 11.3 Å². The van der Waals surface area contributed by atoms with Gasteiger partial charge in [0.25, 0.3) is 5.91 Å². The van der Waals surface area contributed by atoms with Crippen molar-refractivity contribution >= 4 is 12.1 Å². The molecule has 148 valence electrons. The predicted octanol–water partition coefficient (Wildman–Crippen LogP) is 3.45. The Morgan fingerprint density at radius 2 is 2.07 bits per heavy atom. The Kier molecular flexibility index (Phi) is 6.47. The fourth-order valence-corrected chi connectivity index (χ4v) is 2.51. The molecule has 0 atom stereocenters. The zero-order valence-electron chi connectivity index (χ0n) is 15.9. The number of aromatic nitrogens is 2. The largest absolute Gasteiger partial charge is 0.497 e. The summed E-state index contributed by atoms with van der Waals surface area (Å²) in [5, 5.41) is 3.91. The molecule has 0 aliphatic rings. The second-order valence-electron chi connectivity index (χ2n) is 5.84. The third kappa shape index (κ3) is 5.13. The maximum Gasteiger partial charge on any atom is 0.291 e. The number of hydrogen-bond donors (Lipinski definition) is 1. The SMILES string of the molecule is CCOc1ccc(-c2cncc(C(=O)N/N=C/c3cccc(OC)c3)n2)c(F)c1. The first-order valence-corrected chi connectivity index (χ1v) is 8.83. The molecule has 1 amide bonds. The Hall–Kier alpha value is -3.81. The van der Waals surface area contributed by atoms with Crippen LogP contribution >= 0.6 is 0 Å². The number of halogens is 1. The van der Waals surface area contributed by atoms with E-state index >= 15 is 0 Å². The van der Waals surface area contributed by atoms with Crippen LogP contribution in [-0.2, 0) is 0 Å². The highest BCUT2D eigenvalue weighted by Gasteiger charge is 2.12. The second kappa shape index (κ2) is 9.41. The third-order valence-electron chi connectivity index (χ3n) is 3.87. The minimum Gasteiger partial charge on any atom is -0.497 e. The summed E-state index contributed by atoms with van der Waals surface area (Å²) in [6.07, 6.45) is 4.14. The van der Waals surface area contributed by atoms with Gasteiger partial charge in [-0.1, -0.05) is 12.1 Å². The van der Waals surface area contributed by atoms with Crippen LogP contribution in [0, 0.1) is 5.82 Å². The summed E-state index contributed by atoms with van der Waals surface area (Å²) in [4.78, 5) is 20.5. The van der Waals surface area contributed by atoms with E-state index in [0.717, 1.165) is 5.56 Å². The first kappa shape index (κ1) is 19.9. The molecule has 0 saturated heterocycles. The van der Waals surface area contributed by atoms with Crippen LogP contribution in [0.4, 0.5) is 4.39 Å². The van der Waals surface area contributed by atoms with Crippen molar-refractivity contribution in [1.82, 2.24) is 15.4 Å². The number of methoxy groups -OCH3 is 1. The molecule has 8 heteroatoms. The van der Waals surface area contributed by atoms with E-state index in [4.69, 9.17) is 9.47 Å². The summed E-state index contributed by atoms with van der Waals surface area (Å²) in [6, 6.07) is 11.6. The fraction of sp³-hybridized carbons (Fsp3) is 0.143. The average Bonchev–Trinajstić information content (AvgIpc) is 2.74. The van der Waals surface area contributed by atoms with E-state index in [9.17, 15) is 9.18 Å². The number of hydrazone groups is 1. The van der Waals surface area contributed by atoms with Crippen molar-refractivity contribution < 1.29 is 18.7 Å². The molecule has 1 aromatic heterocycles. The molecule has 3 aromatic rings. The van der Waals surface area contributed by atoms with Crippen molar-refractivity contribution in [1.29, 1.82) is 0 Å². The number of amides is 1. The van der Waals surface area contributed by atoms with Gasteiger partial charge in [0.2, 0.25) is 0 Å². The first-order valence-electron chi connectivity index (χ1n) is 8.83. The Labute approximate surface area is 167 Å². The number of ether oxygens (including phenoxy) is 2. The lowest BCUT2D eigenvalue weighted by Crippen LogP contribution is -2.19. The minimum atomic E-state index is -0.565. The smallest absolute Gasteiger partial charge is 0.291 e. The van der Waals surface area contributed by atoms with Crippen molar-refractivity contribution in [3.05, 3.63) is 71.9 Å². The molecular weight excluding hydrogens is 375 g/mol. The van der Waals surface area contributed by atoms with Gasteiger partial charge >= 0.3 is 0 Å². The van der Waals surface area contributed by atoms with E-state index in [0.29, 0.717) is 18.1 Å². The normalized spacial score (nSPS) is 10.7. The third-order valence-corrected chi connectivity index (χ3v) is 3.87. The lowest BCUT2D eigenvalue weighted by molar-refractivity contribution is 0.0950. The van der Waals surface area contributed by atoms with Crippen LogP contribution in [0.5, 0.6) is 11.5 Å². The fourth-order valence-electron chi connectivity index (χ4n) is 2.51. The molecule has 0 fully saturated rings. The van der Waals surface area contributed by atoms with Gasteiger partial charge in [-0.05, 0) is 36.8 Å². The lowest BCUT2D eigenvalue weighted by atomic mass is 10.1. The van der Waals surface area contributed by atoms with Crippen molar-refractivity contribution in [3.63, 3.8) is 0 Å². The van der Waals surface area contributed by atoms with Gasteiger partial charge in [0.1, 0.15) is 23.0 Å². The maximum atomic E-state index is 14.4. The molecule has 1 heterocycles. The molecule has 0 spiro atoms. The van der Waals surface area contributed by atoms with Gasteiger partial charge in [0.05, 0.1) is 38.0 Å². The highest BCUT2D eigenvalue weighted by atomic mass is 19.1. The maximum absolute atomic E-state index is 14.4. The molecule has 0 aliphatic heterocycles. The van der Waals surface area contributed by atoms with E-state index in [-0.39, 0.29) is 17.0 Å². The van der Waals surface area contributed by atoms with Crippen LogP contribution in [0.1, 0.15) is 23.0 Å². The molecule has 0 aliphatic carbocycles. The number of rotatable bonds is 7. The molecule has 3 rings (SSSR count). The summed E-state index contributed by atoms with van der Waals surface area (Å²) in [5.74, 6) is 0.0161. The van der Waals surface area contributed by atoms with Crippen LogP contribution in [0.3, 0.4) is 0 Å². The number of benzene rings is 2. The van der Waals surface area contributed by atoms with Crippen LogP contribution < -0.4 is 14.9 Å². The molecule has 0 bridgehead atoms. The van der Waals surface area contributed by atoms with E-state index in [1.807, 2.05) is 19.1 Å². The molecule has 0 unspecified atom stereocenters. The van der Waals surface area contributed by atoms with Crippen LogP contribution in [0.2, 0.25) is 0 Å². The zero-order valence-corrected chi connectivity index (χ0v) is 15.9. The summed E-state index contributed by atoms with van der Waals surface area (Å²) in [7, 11) is 1.57. The van der Waals surface area contributed by atoms with Gasteiger partial charge in [0.15, 0.2) is 0 Å². The average molecular weight is 394 g/mol. The van der Waals surface area contributed by atoms with E-state index < -0.39 is 11.7 Å². The molecule has 0 saturated carbocycles. The topological polar surface area (TPSA) is 85.7 Å². The van der Waals surface area contributed by atoms with Gasteiger partial charge in [-0.3, -0.25) is 9.78 Å². The second-order valence-corrected chi connectivity index (χ2v) is 5.84. The first-order chi connectivity index (χ1) is 14.1. The van der Waals surface area contributed by atoms with Gasteiger partial charge in [-0.25, -0.2) is 14.8 Å². The molecule has 1 N–H and O–H groups in total. The highest BCUT2D eigenvalue weighted by molar-refractivity contribution is 5.93. The number of nitrogens with zero attached hydrogens (tertiary/aromatic N) is 3. The zero-order chi connectivity index (χ0) is 20.6. The summed E-state index contributed by atoms with van der Waals surface area (Å²) < 4.78 is 24.8. The Morgan fingerprint density at radius 3 is 2.83 bits per heavy atom. The molecule has 7 nitrogen and oxygen atoms in total. The van der Waals surface area contributed by atoms with Crippen LogP contribution in [0.15, 0.2) is 60.0 Å². The van der Waals surface area contributed by atoms with Crippen molar-refractivity contribution in [3.8, 4) is 22.8 Å². The molecule has 2 aromatic carbocycles. The number of carbonyl (C=O) groups excluding carboxylic acids is 1. The quantitative estimate of drug-likeness (QED) is 0.490. The molecular formula is C21H19FN4O3. The Bertz CT molecular complexity index is 1040. The summed E-state index contributed by atoms with van der Waals surface area (Å²) in [6.45, 7) is 2.25. The standard InChI is InChI=1S/C21H19FN4O3/c1-3-29-16-7-8-17(18(22)10-16)19-12-23-13-20(25-19)21(27)26-24-11-14-5-4-6-15(9-14)28-2/h4-13H,3H2,1-2H3,(H,26,27)/b24-11+. The monoisotopic (exact) mass is 394 g/mol. The Balaban J connectivity index is 1.73. The molecule has 29 heavy (non-hydrogen) atoms. The van der Waals surface area contributed by atoms with Crippen molar-refractivity contribution in [2.24, 2.45) is 5.10 Å².